The molecule has 2 fully saturated rings. The summed E-state index contributed by atoms with van der Waals surface area (Å²) in [6.07, 6.45) is 3.83. The van der Waals surface area contributed by atoms with Gasteiger partial charge in [-0.2, -0.15) is 0 Å². The highest BCUT2D eigenvalue weighted by Gasteiger charge is 2.28. The minimum atomic E-state index is -0.154. The summed E-state index contributed by atoms with van der Waals surface area (Å²) in [7, 11) is 0. The molecule has 0 aromatic rings. The van der Waals surface area contributed by atoms with Crippen LogP contribution in [0.1, 0.15) is 25.7 Å². The second kappa shape index (κ2) is 4.28. The molecule has 2 unspecified atom stereocenters. The van der Waals surface area contributed by atoms with E-state index in [2.05, 4.69) is 10.2 Å². The standard InChI is InChI=1S/C10H18N2O2/c13-9-3-1-2-8(6-9)12-5-4-11-10(14)7-12/h8-9,13H,1-7H2,(H,11,14). The largest absolute Gasteiger partial charge is 0.393 e. The highest BCUT2D eigenvalue weighted by molar-refractivity contribution is 5.78. The molecule has 0 bridgehead atoms. The summed E-state index contributed by atoms with van der Waals surface area (Å²) in [5.74, 6) is 0.122. The van der Waals surface area contributed by atoms with Crippen molar-refractivity contribution in [3.05, 3.63) is 0 Å². The van der Waals surface area contributed by atoms with Crippen LogP contribution >= 0.6 is 0 Å². The first-order chi connectivity index (χ1) is 6.75. The fourth-order valence-electron chi connectivity index (χ4n) is 2.44. The van der Waals surface area contributed by atoms with Crippen molar-refractivity contribution in [3.8, 4) is 0 Å². The molecule has 1 aliphatic heterocycles. The fourth-order valence-corrected chi connectivity index (χ4v) is 2.44. The zero-order valence-corrected chi connectivity index (χ0v) is 8.41. The van der Waals surface area contributed by atoms with Crippen molar-refractivity contribution in [2.45, 2.75) is 37.8 Å². The van der Waals surface area contributed by atoms with Crippen LogP contribution in [0, 0.1) is 0 Å². The summed E-state index contributed by atoms with van der Waals surface area (Å²) in [6.45, 7) is 2.20. The van der Waals surface area contributed by atoms with Gasteiger partial charge in [-0.1, -0.05) is 0 Å². The Morgan fingerprint density at radius 3 is 3.00 bits per heavy atom. The topological polar surface area (TPSA) is 52.6 Å². The molecule has 4 heteroatoms. The van der Waals surface area contributed by atoms with Crippen molar-refractivity contribution in [2.75, 3.05) is 19.6 Å². The Labute approximate surface area is 84.3 Å². The van der Waals surface area contributed by atoms with Crippen molar-refractivity contribution in [2.24, 2.45) is 0 Å². The molecule has 80 valence electrons. The van der Waals surface area contributed by atoms with Crippen molar-refractivity contribution >= 4 is 5.91 Å². The number of piperazine rings is 1. The van der Waals surface area contributed by atoms with Gasteiger partial charge in [0, 0.05) is 19.1 Å². The van der Waals surface area contributed by atoms with Crippen LogP contribution in [-0.4, -0.2) is 47.7 Å². The molecule has 4 nitrogen and oxygen atoms in total. The number of hydrogen-bond acceptors (Lipinski definition) is 3. The molecule has 14 heavy (non-hydrogen) atoms. The third-order valence-electron chi connectivity index (χ3n) is 3.20. The van der Waals surface area contributed by atoms with Crippen molar-refractivity contribution in [1.82, 2.24) is 10.2 Å². The van der Waals surface area contributed by atoms with Gasteiger partial charge in [0.05, 0.1) is 12.6 Å². The lowest BCUT2D eigenvalue weighted by molar-refractivity contribution is -0.125. The summed E-state index contributed by atoms with van der Waals surface area (Å²) in [6, 6.07) is 0.421. The molecule has 0 spiro atoms. The third kappa shape index (κ3) is 2.25. The molecular formula is C10H18N2O2. The molecule has 1 amide bonds. The van der Waals surface area contributed by atoms with Crippen LogP contribution < -0.4 is 5.32 Å². The van der Waals surface area contributed by atoms with Gasteiger partial charge in [-0.3, -0.25) is 9.69 Å². The first kappa shape index (κ1) is 9.93. The van der Waals surface area contributed by atoms with Gasteiger partial charge in [-0.25, -0.2) is 0 Å². The molecule has 2 aliphatic rings. The minimum Gasteiger partial charge on any atom is -0.393 e. The zero-order chi connectivity index (χ0) is 9.97. The molecule has 0 radical (unpaired) electrons. The smallest absolute Gasteiger partial charge is 0.234 e. The SMILES string of the molecule is O=C1CN(C2CCCC(O)C2)CCN1. The monoisotopic (exact) mass is 198 g/mol. The van der Waals surface area contributed by atoms with Gasteiger partial charge in [0.2, 0.25) is 5.91 Å². The zero-order valence-electron chi connectivity index (χ0n) is 8.41. The van der Waals surface area contributed by atoms with E-state index < -0.39 is 0 Å². The van der Waals surface area contributed by atoms with Crippen LogP contribution in [0.3, 0.4) is 0 Å². The molecule has 2 rings (SSSR count). The number of amides is 1. The van der Waals surface area contributed by atoms with Crippen molar-refractivity contribution < 1.29 is 9.90 Å². The average molecular weight is 198 g/mol. The van der Waals surface area contributed by atoms with Crippen LogP contribution in [0.2, 0.25) is 0 Å². The predicted molar refractivity (Wildman–Crippen MR) is 52.8 cm³/mol. The molecule has 1 saturated carbocycles. The van der Waals surface area contributed by atoms with Crippen LogP contribution in [0.25, 0.3) is 0 Å². The molecule has 0 aromatic carbocycles. The van der Waals surface area contributed by atoms with Crippen LogP contribution in [-0.2, 0) is 4.79 Å². The summed E-state index contributed by atoms with van der Waals surface area (Å²) in [5.41, 5.74) is 0. The van der Waals surface area contributed by atoms with Crippen LogP contribution in [0.15, 0.2) is 0 Å². The first-order valence-corrected chi connectivity index (χ1v) is 5.44. The number of nitrogens with zero attached hydrogens (tertiary/aromatic N) is 1. The highest BCUT2D eigenvalue weighted by atomic mass is 16.3. The molecule has 0 aromatic heterocycles. The molecule has 2 atom stereocenters. The lowest BCUT2D eigenvalue weighted by atomic mass is 9.91. The van der Waals surface area contributed by atoms with E-state index in [4.69, 9.17) is 0 Å². The van der Waals surface area contributed by atoms with Crippen LogP contribution in [0.4, 0.5) is 0 Å². The first-order valence-electron chi connectivity index (χ1n) is 5.44. The summed E-state index contributed by atoms with van der Waals surface area (Å²) in [5, 5.41) is 12.4. The second-order valence-electron chi connectivity index (χ2n) is 4.29. The highest BCUT2D eigenvalue weighted by Crippen LogP contribution is 2.23. The van der Waals surface area contributed by atoms with E-state index in [-0.39, 0.29) is 12.0 Å². The quantitative estimate of drug-likeness (QED) is 0.609. The molecule has 1 heterocycles. The number of rotatable bonds is 1. The Balaban J connectivity index is 1.89. The van der Waals surface area contributed by atoms with Gasteiger partial charge >= 0.3 is 0 Å². The molecule has 1 aliphatic carbocycles. The van der Waals surface area contributed by atoms with Crippen molar-refractivity contribution in [3.63, 3.8) is 0 Å². The van der Waals surface area contributed by atoms with Gasteiger partial charge in [-0.05, 0) is 25.7 Å². The van der Waals surface area contributed by atoms with E-state index in [0.29, 0.717) is 12.6 Å². The third-order valence-corrected chi connectivity index (χ3v) is 3.20. The maximum atomic E-state index is 11.2. The van der Waals surface area contributed by atoms with Gasteiger partial charge in [0.25, 0.3) is 0 Å². The predicted octanol–water partition coefficient (Wildman–Crippen LogP) is -0.278. The van der Waals surface area contributed by atoms with Crippen LogP contribution in [0.5, 0.6) is 0 Å². The lowest BCUT2D eigenvalue weighted by Crippen LogP contribution is -2.52. The molecule has 1 saturated heterocycles. The van der Waals surface area contributed by atoms with Gasteiger partial charge in [-0.15, -0.1) is 0 Å². The Hall–Kier alpha value is -0.610. The molecular weight excluding hydrogens is 180 g/mol. The number of aliphatic hydroxyl groups is 1. The van der Waals surface area contributed by atoms with E-state index in [1.807, 2.05) is 0 Å². The fraction of sp³-hybridized carbons (Fsp3) is 0.900. The molecule has 2 N–H and O–H groups in total. The minimum absolute atomic E-state index is 0.122. The maximum Gasteiger partial charge on any atom is 0.234 e. The summed E-state index contributed by atoms with van der Waals surface area (Å²) >= 11 is 0. The number of carbonyl (C=O) groups excluding carboxylic acids is 1. The summed E-state index contributed by atoms with van der Waals surface area (Å²) in [4.78, 5) is 13.4. The van der Waals surface area contributed by atoms with Crippen molar-refractivity contribution in [1.29, 1.82) is 0 Å². The Bertz CT molecular complexity index is 220. The van der Waals surface area contributed by atoms with E-state index in [1.54, 1.807) is 0 Å². The number of aliphatic hydroxyl groups excluding tert-OH is 1. The van der Waals surface area contributed by atoms with Gasteiger partial charge in [0.1, 0.15) is 0 Å². The Morgan fingerprint density at radius 1 is 1.43 bits per heavy atom. The van der Waals surface area contributed by atoms with E-state index in [1.165, 1.54) is 0 Å². The van der Waals surface area contributed by atoms with E-state index in [9.17, 15) is 9.90 Å². The average Bonchev–Trinajstić information content (AvgIpc) is 2.18. The van der Waals surface area contributed by atoms with Gasteiger partial charge in [0.15, 0.2) is 0 Å². The number of carbonyl (C=O) groups is 1. The van der Waals surface area contributed by atoms with E-state index in [0.717, 1.165) is 38.8 Å². The second-order valence-corrected chi connectivity index (χ2v) is 4.29. The Kier molecular flexibility index (Phi) is 3.03. The Morgan fingerprint density at radius 2 is 2.29 bits per heavy atom. The van der Waals surface area contributed by atoms with E-state index >= 15 is 0 Å². The number of hydrogen-bond donors (Lipinski definition) is 2. The van der Waals surface area contributed by atoms with Gasteiger partial charge < -0.3 is 10.4 Å². The normalized spacial score (nSPS) is 35.4. The summed E-state index contributed by atoms with van der Waals surface area (Å²) < 4.78 is 0. The number of nitrogens with one attached hydrogen (secondary N) is 1. The maximum absolute atomic E-state index is 11.2. The lowest BCUT2D eigenvalue weighted by Gasteiger charge is -2.37.